The Kier molecular flexibility index (Phi) is 6.99. The first kappa shape index (κ1) is 16.4. The third kappa shape index (κ3) is 4.80. The first-order valence-corrected chi connectivity index (χ1v) is 5.86. The number of aromatic nitrogens is 1. The van der Waals surface area contributed by atoms with Crippen LogP contribution >= 0.6 is 24.0 Å². The van der Waals surface area contributed by atoms with Crippen LogP contribution in [0.1, 0.15) is 11.5 Å². The van der Waals surface area contributed by atoms with Crippen LogP contribution in [0, 0.1) is 5.82 Å². The molecule has 108 valence electrons. The highest BCUT2D eigenvalue weighted by Gasteiger charge is 2.04. The lowest BCUT2D eigenvalue weighted by Crippen LogP contribution is -2.36. The molecular formula is C13H16FIN4O. The molecule has 0 aliphatic carbocycles. The summed E-state index contributed by atoms with van der Waals surface area (Å²) in [5.74, 6) is 1.02. The number of hydrogen-bond donors (Lipinski definition) is 2. The maximum absolute atomic E-state index is 13.4. The minimum Gasteiger partial charge on any atom is -0.467 e. The van der Waals surface area contributed by atoms with E-state index in [9.17, 15) is 4.39 Å². The Morgan fingerprint density at radius 3 is 2.75 bits per heavy atom. The molecule has 0 spiro atoms. The number of nitrogens with zero attached hydrogens (tertiary/aromatic N) is 2. The molecule has 0 bridgehead atoms. The van der Waals surface area contributed by atoms with Gasteiger partial charge in [0, 0.05) is 13.2 Å². The van der Waals surface area contributed by atoms with Gasteiger partial charge in [0.05, 0.1) is 25.0 Å². The molecule has 0 saturated heterocycles. The van der Waals surface area contributed by atoms with E-state index in [2.05, 4.69) is 20.6 Å². The van der Waals surface area contributed by atoms with Crippen molar-refractivity contribution in [1.29, 1.82) is 0 Å². The van der Waals surface area contributed by atoms with Crippen LogP contribution in [0.4, 0.5) is 4.39 Å². The standard InChI is InChI=1S/C13H15FN4O.HI/c1-15-13(17-8-10-4-3-7-19-10)18-9-12-11(14)5-2-6-16-12;/h2-7H,8-9H2,1H3,(H2,15,17,18);1H. The van der Waals surface area contributed by atoms with Crippen LogP contribution in [0.2, 0.25) is 0 Å². The third-order valence-electron chi connectivity index (χ3n) is 2.49. The second kappa shape index (κ2) is 8.51. The second-order valence-corrected chi connectivity index (χ2v) is 3.79. The summed E-state index contributed by atoms with van der Waals surface area (Å²) >= 11 is 0. The number of rotatable bonds is 4. The zero-order valence-corrected chi connectivity index (χ0v) is 13.3. The first-order chi connectivity index (χ1) is 9.29. The van der Waals surface area contributed by atoms with Crippen LogP contribution in [0.5, 0.6) is 0 Å². The van der Waals surface area contributed by atoms with Gasteiger partial charge in [0.1, 0.15) is 11.6 Å². The third-order valence-corrected chi connectivity index (χ3v) is 2.49. The fourth-order valence-electron chi connectivity index (χ4n) is 1.52. The van der Waals surface area contributed by atoms with Crippen LogP contribution in [-0.2, 0) is 13.1 Å². The molecule has 0 amide bonds. The van der Waals surface area contributed by atoms with Gasteiger partial charge in [-0.3, -0.25) is 9.98 Å². The first-order valence-electron chi connectivity index (χ1n) is 5.86. The van der Waals surface area contributed by atoms with Crippen molar-refractivity contribution in [3.8, 4) is 0 Å². The Labute approximate surface area is 133 Å². The van der Waals surface area contributed by atoms with Gasteiger partial charge in [-0.05, 0) is 24.3 Å². The molecule has 2 aromatic rings. The summed E-state index contributed by atoms with van der Waals surface area (Å²) in [6.07, 6.45) is 3.16. The van der Waals surface area contributed by atoms with Crippen LogP contribution in [0.3, 0.4) is 0 Å². The van der Waals surface area contributed by atoms with Gasteiger partial charge in [0.25, 0.3) is 0 Å². The molecule has 2 heterocycles. The van der Waals surface area contributed by atoms with E-state index in [1.807, 2.05) is 12.1 Å². The lowest BCUT2D eigenvalue weighted by Gasteiger charge is -2.10. The largest absolute Gasteiger partial charge is 0.467 e. The Hall–Kier alpha value is -1.64. The minimum absolute atomic E-state index is 0. The Morgan fingerprint density at radius 2 is 2.10 bits per heavy atom. The van der Waals surface area contributed by atoms with E-state index in [1.54, 1.807) is 25.6 Å². The van der Waals surface area contributed by atoms with Gasteiger partial charge in [-0.25, -0.2) is 4.39 Å². The molecule has 0 atom stereocenters. The van der Waals surface area contributed by atoms with Crippen molar-refractivity contribution < 1.29 is 8.81 Å². The van der Waals surface area contributed by atoms with E-state index in [1.165, 1.54) is 6.07 Å². The average molecular weight is 390 g/mol. The van der Waals surface area contributed by atoms with Gasteiger partial charge < -0.3 is 15.1 Å². The summed E-state index contributed by atoms with van der Waals surface area (Å²) in [7, 11) is 1.65. The highest BCUT2D eigenvalue weighted by molar-refractivity contribution is 14.0. The Morgan fingerprint density at radius 1 is 1.30 bits per heavy atom. The lowest BCUT2D eigenvalue weighted by atomic mass is 10.3. The second-order valence-electron chi connectivity index (χ2n) is 3.79. The van der Waals surface area contributed by atoms with E-state index in [-0.39, 0.29) is 36.3 Å². The van der Waals surface area contributed by atoms with E-state index in [4.69, 9.17) is 4.42 Å². The van der Waals surface area contributed by atoms with Crippen molar-refractivity contribution in [3.05, 3.63) is 54.0 Å². The van der Waals surface area contributed by atoms with Gasteiger partial charge in [-0.1, -0.05) is 0 Å². The summed E-state index contributed by atoms with van der Waals surface area (Å²) in [5.41, 5.74) is 0.350. The van der Waals surface area contributed by atoms with Crippen molar-refractivity contribution in [2.75, 3.05) is 7.05 Å². The predicted molar refractivity (Wildman–Crippen MR) is 85.4 cm³/mol. The number of furan rings is 1. The summed E-state index contributed by atoms with van der Waals surface area (Å²) in [4.78, 5) is 7.99. The highest BCUT2D eigenvalue weighted by atomic mass is 127. The number of halogens is 2. The fraction of sp³-hybridized carbons (Fsp3) is 0.231. The van der Waals surface area contributed by atoms with Crippen molar-refractivity contribution in [3.63, 3.8) is 0 Å². The average Bonchev–Trinajstić information content (AvgIpc) is 2.94. The SMILES string of the molecule is CN=C(NCc1ccco1)NCc1ncccc1F.I. The summed E-state index contributed by atoms with van der Waals surface area (Å²) in [6, 6.07) is 6.61. The summed E-state index contributed by atoms with van der Waals surface area (Å²) < 4.78 is 18.6. The normalized spacial score (nSPS) is 10.8. The van der Waals surface area contributed by atoms with Crippen LogP contribution in [-0.4, -0.2) is 18.0 Å². The molecule has 0 saturated carbocycles. The smallest absolute Gasteiger partial charge is 0.191 e. The van der Waals surface area contributed by atoms with Crippen molar-refractivity contribution >= 4 is 29.9 Å². The van der Waals surface area contributed by atoms with Crippen LogP contribution in [0.15, 0.2) is 46.1 Å². The molecule has 0 unspecified atom stereocenters. The van der Waals surface area contributed by atoms with Crippen LogP contribution in [0.25, 0.3) is 0 Å². The topological polar surface area (TPSA) is 62.5 Å². The Bertz CT molecular complexity index is 545. The van der Waals surface area contributed by atoms with E-state index in [0.717, 1.165) is 5.76 Å². The molecule has 0 aliphatic heterocycles. The van der Waals surface area contributed by atoms with E-state index in [0.29, 0.717) is 18.2 Å². The quantitative estimate of drug-likeness (QED) is 0.478. The number of guanidine groups is 1. The van der Waals surface area contributed by atoms with Gasteiger partial charge in [0.15, 0.2) is 5.96 Å². The predicted octanol–water partition coefficient (Wildman–Crippen LogP) is 2.30. The van der Waals surface area contributed by atoms with Crippen molar-refractivity contribution in [2.24, 2.45) is 4.99 Å². The van der Waals surface area contributed by atoms with E-state index < -0.39 is 0 Å². The molecular weight excluding hydrogens is 374 g/mol. The molecule has 2 rings (SSSR count). The van der Waals surface area contributed by atoms with Crippen molar-refractivity contribution in [1.82, 2.24) is 15.6 Å². The minimum atomic E-state index is -0.337. The van der Waals surface area contributed by atoms with Gasteiger partial charge in [-0.15, -0.1) is 24.0 Å². The molecule has 5 nitrogen and oxygen atoms in total. The number of aliphatic imine (C=N–C) groups is 1. The van der Waals surface area contributed by atoms with Gasteiger partial charge in [0.2, 0.25) is 0 Å². The molecule has 2 N–H and O–H groups in total. The Balaban J connectivity index is 0.00000200. The zero-order valence-electron chi connectivity index (χ0n) is 11.0. The molecule has 20 heavy (non-hydrogen) atoms. The molecule has 0 aromatic carbocycles. The molecule has 0 fully saturated rings. The van der Waals surface area contributed by atoms with Gasteiger partial charge in [-0.2, -0.15) is 0 Å². The van der Waals surface area contributed by atoms with Crippen LogP contribution < -0.4 is 10.6 Å². The molecule has 0 radical (unpaired) electrons. The molecule has 0 aliphatic rings. The molecule has 2 aromatic heterocycles. The fourth-order valence-corrected chi connectivity index (χ4v) is 1.52. The number of nitrogens with one attached hydrogen (secondary N) is 2. The number of hydrogen-bond acceptors (Lipinski definition) is 3. The van der Waals surface area contributed by atoms with Crippen molar-refractivity contribution in [2.45, 2.75) is 13.1 Å². The van der Waals surface area contributed by atoms with E-state index >= 15 is 0 Å². The maximum Gasteiger partial charge on any atom is 0.191 e. The molecule has 7 heteroatoms. The zero-order chi connectivity index (χ0) is 13.5. The maximum atomic E-state index is 13.4. The summed E-state index contributed by atoms with van der Waals surface area (Å²) in [6.45, 7) is 0.780. The van der Waals surface area contributed by atoms with Gasteiger partial charge >= 0.3 is 0 Å². The number of pyridine rings is 1. The highest BCUT2D eigenvalue weighted by Crippen LogP contribution is 2.02. The lowest BCUT2D eigenvalue weighted by molar-refractivity contribution is 0.501. The summed E-state index contributed by atoms with van der Waals surface area (Å²) in [5, 5.41) is 6.04. The monoisotopic (exact) mass is 390 g/mol.